The van der Waals surface area contributed by atoms with Crippen molar-refractivity contribution in [3.8, 4) is 0 Å². The van der Waals surface area contributed by atoms with E-state index in [1.54, 1.807) is 11.3 Å². The van der Waals surface area contributed by atoms with Gasteiger partial charge in [0.1, 0.15) is 11.4 Å². The van der Waals surface area contributed by atoms with Crippen LogP contribution >= 0.6 is 11.3 Å². The van der Waals surface area contributed by atoms with Crippen LogP contribution in [-0.4, -0.2) is 15.5 Å². The molecular weight excluding hydrogens is 442 g/mol. The molecule has 34 heavy (non-hydrogen) atoms. The van der Waals surface area contributed by atoms with Crippen molar-refractivity contribution in [2.45, 2.75) is 86.1 Å². The molecule has 1 atom stereocenters. The van der Waals surface area contributed by atoms with Gasteiger partial charge in [0, 0.05) is 10.6 Å². The van der Waals surface area contributed by atoms with Crippen LogP contribution in [0.2, 0.25) is 0 Å². The molecule has 3 aromatic rings. The molecule has 0 fully saturated rings. The summed E-state index contributed by atoms with van der Waals surface area (Å²) < 4.78 is 1.47. The Morgan fingerprint density at radius 1 is 1.18 bits per heavy atom. The molecule has 0 saturated carbocycles. The Morgan fingerprint density at radius 2 is 1.82 bits per heavy atom. The molecule has 1 N–H and O–H groups in total. The lowest BCUT2D eigenvalue weighted by Gasteiger charge is -2.33. The number of carbonyl (C=O) groups is 1. The van der Waals surface area contributed by atoms with Gasteiger partial charge >= 0.3 is 0 Å². The number of thiophene rings is 1. The van der Waals surface area contributed by atoms with E-state index in [1.807, 2.05) is 6.07 Å². The molecule has 0 radical (unpaired) electrons. The normalized spacial score (nSPS) is 16.3. The van der Waals surface area contributed by atoms with Gasteiger partial charge in [-0.2, -0.15) is 0 Å². The van der Waals surface area contributed by atoms with Crippen molar-refractivity contribution in [3.05, 3.63) is 56.4 Å². The number of hydrogen-bond acceptors (Lipinski definition) is 4. The van der Waals surface area contributed by atoms with Crippen LogP contribution in [0, 0.1) is 11.3 Å². The lowest BCUT2D eigenvalue weighted by Crippen LogP contribution is -2.29. The molecule has 0 spiro atoms. The van der Waals surface area contributed by atoms with E-state index in [1.165, 1.54) is 15.8 Å². The summed E-state index contributed by atoms with van der Waals surface area (Å²) in [5.74, 6) is 0.973. The first-order valence-corrected chi connectivity index (χ1v) is 13.2. The molecule has 182 valence electrons. The average molecular weight is 480 g/mol. The average Bonchev–Trinajstić information content (AvgIpc) is 3.13. The largest absolute Gasteiger partial charge is 0.324 e. The zero-order valence-corrected chi connectivity index (χ0v) is 22.3. The zero-order valence-electron chi connectivity index (χ0n) is 21.5. The van der Waals surface area contributed by atoms with Gasteiger partial charge in [0.15, 0.2) is 0 Å². The first-order valence-electron chi connectivity index (χ1n) is 12.4. The highest BCUT2D eigenvalue weighted by Crippen LogP contribution is 2.42. The van der Waals surface area contributed by atoms with Crippen LogP contribution in [0.25, 0.3) is 10.2 Å². The van der Waals surface area contributed by atoms with Gasteiger partial charge in [-0.25, -0.2) is 4.98 Å². The SMILES string of the molecule is CC(C)c1cccc(C(C)C)c1NC(=O)Cn1cnc2sc3c(c2c1=O)CC[C@H](C(C)(C)C)C3. The van der Waals surface area contributed by atoms with Crippen molar-refractivity contribution in [2.75, 3.05) is 5.32 Å². The molecule has 1 aliphatic rings. The predicted molar refractivity (Wildman–Crippen MR) is 142 cm³/mol. The number of carbonyl (C=O) groups excluding carboxylic acids is 1. The van der Waals surface area contributed by atoms with E-state index in [-0.39, 0.29) is 35.3 Å². The minimum atomic E-state index is -0.199. The Morgan fingerprint density at radius 3 is 2.41 bits per heavy atom. The number of hydrogen-bond donors (Lipinski definition) is 1. The summed E-state index contributed by atoms with van der Waals surface area (Å²) in [6.45, 7) is 15.3. The third kappa shape index (κ3) is 4.70. The molecule has 1 aromatic carbocycles. The van der Waals surface area contributed by atoms with Gasteiger partial charge in [-0.1, -0.05) is 66.7 Å². The summed E-state index contributed by atoms with van der Waals surface area (Å²) in [4.78, 5) is 33.2. The number of amides is 1. The summed E-state index contributed by atoms with van der Waals surface area (Å²) in [7, 11) is 0. The summed E-state index contributed by atoms with van der Waals surface area (Å²) in [6, 6.07) is 6.18. The lowest BCUT2D eigenvalue weighted by atomic mass is 9.72. The number of nitrogens with zero attached hydrogens (tertiary/aromatic N) is 2. The Kier molecular flexibility index (Phi) is 6.74. The van der Waals surface area contributed by atoms with Gasteiger partial charge in [0.2, 0.25) is 5.91 Å². The molecule has 0 unspecified atom stereocenters. The Balaban J connectivity index is 1.63. The number of rotatable bonds is 5. The van der Waals surface area contributed by atoms with Gasteiger partial charge in [-0.05, 0) is 59.1 Å². The van der Waals surface area contributed by atoms with Crippen molar-refractivity contribution < 1.29 is 4.79 Å². The molecule has 1 aliphatic carbocycles. The summed E-state index contributed by atoms with van der Waals surface area (Å²) in [6.07, 6.45) is 4.53. The Labute approximate surface area is 206 Å². The molecule has 6 heteroatoms. The topological polar surface area (TPSA) is 64.0 Å². The molecule has 0 aliphatic heterocycles. The van der Waals surface area contributed by atoms with Crippen molar-refractivity contribution in [1.29, 1.82) is 0 Å². The maximum Gasteiger partial charge on any atom is 0.262 e. The van der Waals surface area contributed by atoms with Crippen molar-refractivity contribution >= 4 is 33.1 Å². The highest BCUT2D eigenvalue weighted by atomic mass is 32.1. The number of fused-ring (bicyclic) bond motifs is 3. The molecular formula is C28H37N3O2S. The number of para-hydroxylation sites is 1. The van der Waals surface area contributed by atoms with E-state index in [0.717, 1.165) is 46.5 Å². The third-order valence-electron chi connectivity index (χ3n) is 7.21. The Bertz CT molecular complexity index is 1250. The van der Waals surface area contributed by atoms with Crippen molar-refractivity contribution in [1.82, 2.24) is 9.55 Å². The molecule has 2 aromatic heterocycles. The smallest absolute Gasteiger partial charge is 0.262 e. The predicted octanol–water partition coefficient (Wildman–Crippen LogP) is 6.49. The number of benzene rings is 1. The first kappa shape index (κ1) is 24.6. The number of nitrogens with one attached hydrogen (secondary N) is 1. The van der Waals surface area contributed by atoms with Gasteiger partial charge in [-0.3, -0.25) is 14.2 Å². The third-order valence-corrected chi connectivity index (χ3v) is 8.37. The van der Waals surface area contributed by atoms with E-state index in [2.05, 4.69) is 70.9 Å². The molecule has 0 saturated heterocycles. The highest BCUT2D eigenvalue weighted by molar-refractivity contribution is 7.18. The lowest BCUT2D eigenvalue weighted by molar-refractivity contribution is -0.116. The highest BCUT2D eigenvalue weighted by Gasteiger charge is 2.31. The summed E-state index contributed by atoms with van der Waals surface area (Å²) >= 11 is 1.65. The number of aromatic nitrogens is 2. The van der Waals surface area contributed by atoms with Gasteiger partial charge < -0.3 is 5.32 Å². The monoisotopic (exact) mass is 479 g/mol. The maximum absolute atomic E-state index is 13.4. The van der Waals surface area contributed by atoms with Gasteiger partial charge in [0.25, 0.3) is 5.56 Å². The fourth-order valence-corrected chi connectivity index (χ4v) is 6.34. The zero-order chi connectivity index (χ0) is 24.8. The van der Waals surface area contributed by atoms with Crippen LogP contribution in [0.3, 0.4) is 0 Å². The minimum Gasteiger partial charge on any atom is -0.324 e. The van der Waals surface area contributed by atoms with E-state index in [9.17, 15) is 9.59 Å². The van der Waals surface area contributed by atoms with Crippen molar-refractivity contribution in [2.24, 2.45) is 11.3 Å². The van der Waals surface area contributed by atoms with Gasteiger partial charge in [-0.15, -0.1) is 11.3 Å². The van der Waals surface area contributed by atoms with Crippen LogP contribution in [-0.2, 0) is 24.2 Å². The van der Waals surface area contributed by atoms with Crippen molar-refractivity contribution in [3.63, 3.8) is 0 Å². The second-order valence-electron chi connectivity index (χ2n) is 11.3. The number of anilines is 1. The standard InChI is InChI=1S/C28H37N3O2S/c1-16(2)19-9-8-10-20(17(3)4)25(19)30-23(32)14-31-15-29-26-24(27(31)33)21-12-11-18(28(5,6)7)13-22(21)34-26/h8-10,15-18H,11-14H2,1-7H3,(H,30,32)/t18-/m0/s1. The maximum atomic E-state index is 13.4. The van der Waals surface area contributed by atoms with E-state index >= 15 is 0 Å². The first-order chi connectivity index (χ1) is 16.0. The Hall–Kier alpha value is -2.47. The van der Waals surface area contributed by atoms with E-state index in [4.69, 9.17) is 0 Å². The van der Waals surface area contributed by atoms with E-state index in [0.29, 0.717) is 11.3 Å². The summed E-state index contributed by atoms with van der Waals surface area (Å²) in [5, 5.41) is 3.84. The second-order valence-corrected chi connectivity index (χ2v) is 12.4. The van der Waals surface area contributed by atoms with Crippen LogP contribution in [0.5, 0.6) is 0 Å². The fraction of sp³-hybridized carbons (Fsp3) is 0.536. The van der Waals surface area contributed by atoms with E-state index < -0.39 is 0 Å². The van der Waals surface area contributed by atoms with Crippen LogP contribution in [0.1, 0.15) is 88.3 Å². The molecule has 1 amide bonds. The van der Waals surface area contributed by atoms with Crippen LogP contribution < -0.4 is 10.9 Å². The molecule has 4 rings (SSSR count). The number of aryl methyl sites for hydroxylation is 1. The quantitative estimate of drug-likeness (QED) is 0.455. The molecule has 0 bridgehead atoms. The summed E-state index contributed by atoms with van der Waals surface area (Å²) in [5.41, 5.74) is 4.40. The second kappa shape index (κ2) is 9.29. The fourth-order valence-electron chi connectivity index (χ4n) is 5.08. The van der Waals surface area contributed by atoms with Crippen LogP contribution in [0.15, 0.2) is 29.3 Å². The van der Waals surface area contributed by atoms with Gasteiger partial charge in [0.05, 0.1) is 11.7 Å². The molecule has 5 nitrogen and oxygen atoms in total. The van der Waals surface area contributed by atoms with Crippen LogP contribution in [0.4, 0.5) is 5.69 Å². The molecule has 2 heterocycles. The minimum absolute atomic E-state index is 0.0407.